The Morgan fingerprint density at radius 1 is 1.00 bits per heavy atom. The maximum Gasteiger partial charge on any atom is 0.236 e. The van der Waals surface area contributed by atoms with Crippen LogP contribution in [0.25, 0.3) is 0 Å². The summed E-state index contributed by atoms with van der Waals surface area (Å²) in [5.74, 6) is 1.13. The summed E-state index contributed by atoms with van der Waals surface area (Å²) in [7, 11) is 2.03. The molecule has 0 N–H and O–H groups in total. The highest BCUT2D eigenvalue weighted by Crippen LogP contribution is 2.20. The fraction of sp³-hybridized carbons (Fsp3) is 0.947. The van der Waals surface area contributed by atoms with Crippen molar-refractivity contribution in [1.29, 1.82) is 0 Å². The number of amides is 1. The van der Waals surface area contributed by atoms with Gasteiger partial charge in [-0.1, -0.05) is 0 Å². The van der Waals surface area contributed by atoms with Crippen LogP contribution in [0.2, 0.25) is 0 Å². The highest BCUT2D eigenvalue weighted by Gasteiger charge is 2.26. The van der Waals surface area contributed by atoms with E-state index in [1.165, 1.54) is 32.5 Å². The van der Waals surface area contributed by atoms with Crippen LogP contribution >= 0.6 is 0 Å². The number of piperazine rings is 1. The van der Waals surface area contributed by atoms with E-state index in [0.29, 0.717) is 18.6 Å². The first-order chi connectivity index (χ1) is 11.4. The topological polar surface area (TPSA) is 30.0 Å². The van der Waals surface area contributed by atoms with Gasteiger partial charge in [-0.2, -0.15) is 0 Å². The lowest BCUT2D eigenvalue weighted by molar-refractivity contribution is -0.134. The third kappa shape index (κ3) is 5.71. The first-order valence-electron chi connectivity index (χ1n) is 9.81. The van der Waals surface area contributed by atoms with Crippen molar-refractivity contribution < 1.29 is 4.79 Å². The van der Waals surface area contributed by atoms with Crippen LogP contribution in [0.1, 0.15) is 40.5 Å². The van der Waals surface area contributed by atoms with Gasteiger partial charge in [0.2, 0.25) is 5.91 Å². The van der Waals surface area contributed by atoms with Gasteiger partial charge in [-0.25, -0.2) is 0 Å². The minimum absolute atomic E-state index is 0.288. The Balaban J connectivity index is 1.67. The Labute approximate surface area is 148 Å². The second kappa shape index (κ2) is 9.16. The van der Waals surface area contributed by atoms with E-state index in [2.05, 4.69) is 47.3 Å². The molecule has 24 heavy (non-hydrogen) atoms. The van der Waals surface area contributed by atoms with Crippen LogP contribution in [0.4, 0.5) is 0 Å². The predicted octanol–water partition coefficient (Wildman–Crippen LogP) is 1.59. The lowest BCUT2D eigenvalue weighted by atomic mass is 9.95. The largest absolute Gasteiger partial charge is 0.339 e. The van der Waals surface area contributed by atoms with Gasteiger partial charge in [-0.3, -0.25) is 14.6 Å². The second-order valence-electron chi connectivity index (χ2n) is 8.26. The average molecular weight is 339 g/mol. The molecule has 5 nitrogen and oxygen atoms in total. The first kappa shape index (κ1) is 19.7. The third-order valence-electron chi connectivity index (χ3n) is 5.89. The molecule has 0 aromatic heterocycles. The molecule has 0 spiro atoms. The number of nitrogens with zero attached hydrogens (tertiary/aromatic N) is 4. The van der Waals surface area contributed by atoms with Crippen LogP contribution in [0.15, 0.2) is 0 Å². The van der Waals surface area contributed by atoms with Crippen LogP contribution in [-0.4, -0.2) is 97.0 Å². The molecule has 0 radical (unpaired) electrons. The summed E-state index contributed by atoms with van der Waals surface area (Å²) in [5, 5.41) is 0. The average Bonchev–Trinajstić information content (AvgIpc) is 2.55. The Kier molecular flexibility index (Phi) is 7.51. The summed E-state index contributed by atoms with van der Waals surface area (Å²) in [6, 6.07) is 1.11. The molecule has 0 atom stereocenters. The van der Waals surface area contributed by atoms with Crippen molar-refractivity contribution >= 4 is 5.91 Å². The number of carbonyl (C=O) groups is 1. The monoisotopic (exact) mass is 338 g/mol. The molecule has 2 saturated heterocycles. The predicted molar refractivity (Wildman–Crippen MR) is 100 cm³/mol. The summed E-state index contributed by atoms with van der Waals surface area (Å²) in [4.78, 5) is 21.7. The van der Waals surface area contributed by atoms with Gasteiger partial charge in [0, 0.05) is 44.8 Å². The van der Waals surface area contributed by atoms with Crippen LogP contribution in [0.3, 0.4) is 0 Å². The molecule has 1 amide bonds. The van der Waals surface area contributed by atoms with Crippen LogP contribution in [0, 0.1) is 5.92 Å². The van der Waals surface area contributed by atoms with E-state index >= 15 is 0 Å². The molecule has 0 aromatic carbocycles. The number of hydrogen-bond donors (Lipinski definition) is 0. The quantitative estimate of drug-likeness (QED) is 0.736. The third-order valence-corrected chi connectivity index (χ3v) is 5.89. The number of carbonyl (C=O) groups excluding carboxylic acids is 1. The Morgan fingerprint density at radius 2 is 1.58 bits per heavy atom. The molecule has 140 valence electrons. The molecule has 5 heteroatoms. The highest BCUT2D eigenvalue weighted by atomic mass is 16.2. The van der Waals surface area contributed by atoms with E-state index < -0.39 is 0 Å². The van der Waals surface area contributed by atoms with Crippen LogP contribution in [0.5, 0.6) is 0 Å². The fourth-order valence-corrected chi connectivity index (χ4v) is 3.69. The van der Waals surface area contributed by atoms with E-state index in [0.717, 1.165) is 32.1 Å². The van der Waals surface area contributed by atoms with Crippen LogP contribution < -0.4 is 0 Å². The summed E-state index contributed by atoms with van der Waals surface area (Å²) in [5.41, 5.74) is 0. The van der Waals surface area contributed by atoms with E-state index in [9.17, 15) is 4.79 Å². The van der Waals surface area contributed by atoms with Crippen molar-refractivity contribution in [3.8, 4) is 0 Å². The lowest BCUT2D eigenvalue weighted by Crippen LogP contribution is -2.52. The number of rotatable bonds is 6. The number of hydrogen-bond acceptors (Lipinski definition) is 4. The molecule has 0 unspecified atom stereocenters. The molecular formula is C19H38N4O. The Bertz CT molecular complexity index is 383. The molecule has 2 rings (SSSR count). The van der Waals surface area contributed by atoms with Gasteiger partial charge in [0.05, 0.1) is 6.54 Å². The zero-order valence-corrected chi connectivity index (χ0v) is 16.5. The summed E-state index contributed by atoms with van der Waals surface area (Å²) in [6.45, 7) is 17.0. The zero-order valence-electron chi connectivity index (χ0n) is 16.5. The van der Waals surface area contributed by atoms with Gasteiger partial charge in [0.15, 0.2) is 0 Å². The Hall–Kier alpha value is -0.650. The molecule has 0 bridgehead atoms. The normalized spacial score (nSPS) is 22.1. The number of likely N-dealkylation sites (N-methyl/N-ethyl adjacent to an activating group) is 1. The van der Waals surface area contributed by atoms with Crippen molar-refractivity contribution in [2.75, 3.05) is 59.4 Å². The molecule has 2 aliphatic rings. The van der Waals surface area contributed by atoms with Crippen molar-refractivity contribution in [1.82, 2.24) is 19.6 Å². The minimum atomic E-state index is 0.288. The smallest absolute Gasteiger partial charge is 0.236 e. The standard InChI is InChI=1S/C19H38N4O/c1-16(2)20(5)15-19(24)23-12-10-21(11-13-23)14-18-6-8-22(9-7-18)17(3)4/h16-18H,6-15H2,1-5H3. The minimum Gasteiger partial charge on any atom is -0.339 e. The van der Waals surface area contributed by atoms with Crippen molar-refractivity contribution in [2.45, 2.75) is 52.6 Å². The molecule has 0 aromatic rings. The van der Waals surface area contributed by atoms with E-state index in [1.807, 2.05) is 7.05 Å². The molecular weight excluding hydrogens is 300 g/mol. The summed E-state index contributed by atoms with van der Waals surface area (Å²) in [6.07, 6.45) is 2.66. The van der Waals surface area contributed by atoms with E-state index in [1.54, 1.807) is 0 Å². The molecule has 2 fully saturated rings. The van der Waals surface area contributed by atoms with Crippen LogP contribution in [-0.2, 0) is 4.79 Å². The number of piperidine rings is 1. The summed E-state index contributed by atoms with van der Waals surface area (Å²) >= 11 is 0. The van der Waals surface area contributed by atoms with Gasteiger partial charge in [-0.15, -0.1) is 0 Å². The SMILES string of the molecule is CC(C)N(C)CC(=O)N1CCN(CC2CCN(C(C)C)CC2)CC1. The zero-order chi connectivity index (χ0) is 17.7. The Morgan fingerprint density at radius 3 is 2.08 bits per heavy atom. The van der Waals surface area contributed by atoms with Gasteiger partial charge >= 0.3 is 0 Å². The first-order valence-corrected chi connectivity index (χ1v) is 9.81. The second-order valence-corrected chi connectivity index (χ2v) is 8.26. The van der Waals surface area contributed by atoms with Gasteiger partial charge in [0.1, 0.15) is 0 Å². The van der Waals surface area contributed by atoms with Gasteiger partial charge < -0.3 is 9.80 Å². The number of likely N-dealkylation sites (tertiary alicyclic amines) is 1. The van der Waals surface area contributed by atoms with Gasteiger partial charge in [-0.05, 0) is 66.6 Å². The molecule has 2 aliphatic heterocycles. The lowest BCUT2D eigenvalue weighted by Gasteiger charge is -2.40. The summed E-state index contributed by atoms with van der Waals surface area (Å²) < 4.78 is 0. The maximum absolute atomic E-state index is 12.4. The van der Waals surface area contributed by atoms with E-state index in [4.69, 9.17) is 0 Å². The molecule has 2 heterocycles. The van der Waals surface area contributed by atoms with Gasteiger partial charge in [0.25, 0.3) is 0 Å². The fourth-order valence-electron chi connectivity index (χ4n) is 3.69. The molecule has 0 saturated carbocycles. The maximum atomic E-state index is 12.4. The van der Waals surface area contributed by atoms with E-state index in [-0.39, 0.29) is 5.91 Å². The van der Waals surface area contributed by atoms with Crippen molar-refractivity contribution in [2.24, 2.45) is 5.92 Å². The molecule has 0 aliphatic carbocycles. The highest BCUT2D eigenvalue weighted by molar-refractivity contribution is 5.78. The van der Waals surface area contributed by atoms with Crippen molar-refractivity contribution in [3.63, 3.8) is 0 Å². The van der Waals surface area contributed by atoms with Crippen molar-refractivity contribution in [3.05, 3.63) is 0 Å².